The SMILES string of the molecule is CC(C)(C)c1cc(-c2cc3c4c(c2)N(c2ccccc2-c2ccccc2)c2cc(-c5cccc(-n6c7ccccc7c7ccccc76)c5-n5c6ccccc6c6ccccc65)ccc2B4c2ccc(-c4cccc(-n5c6ccccc6c6ccccc65)c4-n4c5ccccc5c5ccccc54)cc2N3c2ccccc2-c2ccccc2)cc(C(C)(C)C)c1. The zero-order valence-corrected chi connectivity index (χ0v) is 69.4. The molecular weight excluding hydrogens is 1490 g/mol. The lowest BCUT2D eigenvalue weighted by Crippen LogP contribution is -2.61. The summed E-state index contributed by atoms with van der Waals surface area (Å²) in [5.41, 5.74) is 37.2. The van der Waals surface area contributed by atoms with E-state index < -0.39 is 0 Å². The van der Waals surface area contributed by atoms with Crippen LogP contribution in [0.25, 0.3) is 166 Å². The van der Waals surface area contributed by atoms with E-state index in [2.05, 4.69) is 476 Å². The van der Waals surface area contributed by atoms with Gasteiger partial charge in [0.25, 0.3) is 6.71 Å². The molecule has 0 amide bonds. The van der Waals surface area contributed by atoms with Gasteiger partial charge in [-0.1, -0.05) is 351 Å². The molecule has 0 radical (unpaired) electrons. The summed E-state index contributed by atoms with van der Waals surface area (Å²) in [5.74, 6) is 0. The van der Waals surface area contributed by atoms with E-state index in [1.807, 2.05) is 0 Å². The van der Waals surface area contributed by atoms with E-state index in [1.165, 1.54) is 76.2 Å². The van der Waals surface area contributed by atoms with Gasteiger partial charge in [0.2, 0.25) is 0 Å². The summed E-state index contributed by atoms with van der Waals surface area (Å²) in [6.07, 6.45) is 0. The van der Waals surface area contributed by atoms with Gasteiger partial charge in [-0.2, -0.15) is 0 Å². The van der Waals surface area contributed by atoms with Crippen LogP contribution in [-0.4, -0.2) is 25.0 Å². The first-order valence-corrected chi connectivity index (χ1v) is 43.1. The highest BCUT2D eigenvalue weighted by molar-refractivity contribution is 7.00. The Balaban J connectivity index is 0.842. The van der Waals surface area contributed by atoms with Crippen LogP contribution in [0.4, 0.5) is 34.1 Å². The van der Waals surface area contributed by atoms with E-state index in [0.717, 1.165) is 151 Å². The third-order valence-corrected chi connectivity index (χ3v) is 26.4. The molecule has 0 N–H and O–H groups in total. The van der Waals surface area contributed by atoms with Gasteiger partial charge in [-0.3, -0.25) is 0 Å². The standard InChI is InChI=1S/C116H85BN6/c1-115(2,3)80-67-78(68-81(73-80)116(4,5)6)79-71-110-112-111(72-79)121(97-52-24-14-40-83(97)75-37-11-8-12-38-75)109-70-77(85-50-34-62-107(119-100-55-27-17-43-88(100)89-44-18-28-56-101(89)119)114(85)123-104-59-31-21-47-92(104)93-48-22-32-60-105(93)123)64-66-95(109)117(112)94-65-63-76(69-108(94)120(110)96-51-23-13-39-82(96)74-35-9-7-10-36-74)84-49-33-61-106(118-98-53-25-15-41-86(98)87-42-16-26-54-99(87)118)113(84)122-102-57-29-19-45-90(102)91-46-20-30-58-103(91)122/h7-73H,1-6H3. The number of benzene rings is 18. The average Bonchev–Trinajstić information content (AvgIpc) is 1.62. The van der Waals surface area contributed by atoms with Crippen LogP contribution < -0.4 is 26.2 Å². The number of fused-ring (bicyclic) bond motifs is 16. The molecule has 582 valence electrons. The molecule has 0 fully saturated rings. The van der Waals surface area contributed by atoms with Crippen LogP contribution >= 0.6 is 0 Å². The van der Waals surface area contributed by atoms with E-state index >= 15 is 0 Å². The molecule has 22 aromatic rings. The van der Waals surface area contributed by atoms with Crippen molar-refractivity contribution in [2.75, 3.05) is 9.80 Å². The van der Waals surface area contributed by atoms with Crippen LogP contribution in [0.15, 0.2) is 406 Å². The Labute approximate surface area is 716 Å². The van der Waals surface area contributed by atoms with Gasteiger partial charge in [-0.15, -0.1) is 0 Å². The lowest BCUT2D eigenvalue weighted by atomic mass is 9.33. The summed E-state index contributed by atoms with van der Waals surface area (Å²) in [4.78, 5) is 5.35. The van der Waals surface area contributed by atoms with Crippen LogP contribution in [0.5, 0.6) is 0 Å². The fourth-order valence-electron chi connectivity index (χ4n) is 20.8. The molecule has 24 rings (SSSR count). The third-order valence-electron chi connectivity index (χ3n) is 26.4. The molecule has 2 aliphatic rings. The Kier molecular flexibility index (Phi) is 16.2. The van der Waals surface area contributed by atoms with Crippen molar-refractivity contribution in [1.29, 1.82) is 0 Å². The van der Waals surface area contributed by atoms with Gasteiger partial charge in [0.1, 0.15) is 0 Å². The van der Waals surface area contributed by atoms with Crippen molar-refractivity contribution in [3.63, 3.8) is 0 Å². The smallest absolute Gasteiger partial charge is 0.252 e. The Hall–Kier alpha value is -15.2. The monoisotopic (exact) mass is 1570 g/mol. The number of hydrogen-bond donors (Lipinski definition) is 0. The minimum atomic E-state index is -0.301. The second-order valence-electron chi connectivity index (χ2n) is 35.5. The number of anilines is 6. The van der Waals surface area contributed by atoms with Crippen molar-refractivity contribution in [2.24, 2.45) is 0 Å². The molecule has 6 heterocycles. The lowest BCUT2D eigenvalue weighted by molar-refractivity contribution is 0.569. The molecule has 0 saturated heterocycles. The summed E-state index contributed by atoms with van der Waals surface area (Å²) < 4.78 is 10.2. The summed E-state index contributed by atoms with van der Waals surface area (Å²) in [6, 6.07) is 154. The first kappa shape index (κ1) is 71.9. The molecule has 18 aromatic carbocycles. The first-order valence-electron chi connectivity index (χ1n) is 43.1. The third kappa shape index (κ3) is 11.1. The Bertz CT molecular complexity index is 7440. The zero-order valence-electron chi connectivity index (χ0n) is 69.4. The Morgan fingerprint density at radius 1 is 0.187 bits per heavy atom. The highest BCUT2D eigenvalue weighted by Gasteiger charge is 2.46. The fourth-order valence-corrected chi connectivity index (χ4v) is 20.8. The fraction of sp³-hybridized carbons (Fsp3) is 0.0690. The van der Waals surface area contributed by atoms with E-state index in [4.69, 9.17) is 0 Å². The summed E-state index contributed by atoms with van der Waals surface area (Å²) in [5, 5.41) is 9.66. The van der Waals surface area contributed by atoms with E-state index in [9.17, 15) is 0 Å². The quantitative estimate of drug-likeness (QED) is 0.121. The van der Waals surface area contributed by atoms with Crippen LogP contribution in [-0.2, 0) is 10.8 Å². The minimum absolute atomic E-state index is 0.177. The van der Waals surface area contributed by atoms with E-state index in [-0.39, 0.29) is 17.5 Å². The molecule has 2 aliphatic heterocycles. The maximum absolute atomic E-state index is 2.67. The van der Waals surface area contributed by atoms with E-state index in [0.29, 0.717) is 0 Å². The Morgan fingerprint density at radius 3 is 0.789 bits per heavy atom. The number of hydrogen-bond acceptors (Lipinski definition) is 2. The molecule has 0 bridgehead atoms. The normalized spacial score (nSPS) is 12.7. The number of aromatic nitrogens is 4. The predicted molar refractivity (Wildman–Crippen MR) is 522 cm³/mol. The van der Waals surface area contributed by atoms with Crippen molar-refractivity contribution >= 4 is 144 Å². The van der Waals surface area contributed by atoms with Gasteiger partial charge in [-0.05, 0) is 169 Å². The maximum atomic E-state index is 2.67. The topological polar surface area (TPSA) is 26.2 Å². The van der Waals surface area contributed by atoms with Crippen LogP contribution in [0.1, 0.15) is 52.7 Å². The van der Waals surface area contributed by atoms with Crippen molar-refractivity contribution < 1.29 is 0 Å². The lowest BCUT2D eigenvalue weighted by Gasteiger charge is -2.45. The highest BCUT2D eigenvalue weighted by atomic mass is 15.2. The van der Waals surface area contributed by atoms with Gasteiger partial charge in [0.15, 0.2) is 0 Å². The molecule has 0 saturated carbocycles. The molecular formula is C116H85BN6. The minimum Gasteiger partial charge on any atom is -0.311 e. The molecule has 0 aliphatic carbocycles. The Morgan fingerprint density at radius 2 is 0.455 bits per heavy atom. The predicted octanol–water partition coefficient (Wildman–Crippen LogP) is 29.1. The molecule has 0 spiro atoms. The number of rotatable bonds is 11. The largest absolute Gasteiger partial charge is 0.311 e. The first-order chi connectivity index (χ1) is 60.4. The molecule has 123 heavy (non-hydrogen) atoms. The molecule has 0 atom stereocenters. The summed E-state index contributed by atoms with van der Waals surface area (Å²) >= 11 is 0. The molecule has 7 heteroatoms. The van der Waals surface area contributed by atoms with Gasteiger partial charge in [0, 0.05) is 88.1 Å². The van der Waals surface area contributed by atoms with Crippen LogP contribution in [0.2, 0.25) is 0 Å². The van der Waals surface area contributed by atoms with Crippen LogP contribution in [0, 0.1) is 0 Å². The van der Waals surface area contributed by atoms with Crippen molar-refractivity contribution in [3.05, 3.63) is 418 Å². The zero-order chi connectivity index (χ0) is 82.1. The van der Waals surface area contributed by atoms with Gasteiger partial charge < -0.3 is 28.1 Å². The van der Waals surface area contributed by atoms with Crippen molar-refractivity contribution in [1.82, 2.24) is 18.3 Å². The second-order valence-corrected chi connectivity index (χ2v) is 35.5. The molecule has 6 nitrogen and oxygen atoms in total. The molecule has 0 unspecified atom stereocenters. The summed E-state index contributed by atoms with van der Waals surface area (Å²) in [7, 11) is 0. The highest BCUT2D eigenvalue weighted by Crippen LogP contribution is 2.54. The van der Waals surface area contributed by atoms with Crippen LogP contribution in [0.3, 0.4) is 0 Å². The van der Waals surface area contributed by atoms with Gasteiger partial charge in [-0.25, -0.2) is 0 Å². The molecule has 4 aromatic heterocycles. The van der Waals surface area contributed by atoms with Gasteiger partial charge in [0.05, 0.1) is 78.3 Å². The number of para-hydroxylation sites is 12. The average molecular weight is 1570 g/mol. The number of nitrogens with zero attached hydrogens (tertiary/aromatic N) is 6. The van der Waals surface area contributed by atoms with E-state index in [1.54, 1.807) is 0 Å². The van der Waals surface area contributed by atoms with Crippen molar-refractivity contribution in [3.8, 4) is 78.4 Å². The van der Waals surface area contributed by atoms with Crippen molar-refractivity contribution in [2.45, 2.75) is 52.4 Å². The van der Waals surface area contributed by atoms with Gasteiger partial charge >= 0.3 is 0 Å². The second kappa shape index (κ2) is 27.7. The summed E-state index contributed by atoms with van der Waals surface area (Å²) in [6.45, 7) is 13.9. The maximum Gasteiger partial charge on any atom is 0.252 e.